The number of rotatable bonds is 4. The van der Waals surface area contributed by atoms with Gasteiger partial charge in [0.1, 0.15) is 12.4 Å². The van der Waals surface area contributed by atoms with Gasteiger partial charge >= 0.3 is 0 Å². The largest absolute Gasteiger partial charge is 0.375 e. The third kappa shape index (κ3) is 4.21. The lowest BCUT2D eigenvalue weighted by Crippen LogP contribution is -2.24. The molecule has 2 rings (SSSR count). The highest BCUT2D eigenvalue weighted by Crippen LogP contribution is 2.19. The molecule has 1 saturated heterocycles. The molecule has 0 unspecified atom stereocenters. The lowest BCUT2D eigenvalue weighted by atomic mass is 10.2. The zero-order valence-electron chi connectivity index (χ0n) is 11.4. The van der Waals surface area contributed by atoms with Crippen LogP contribution in [0.1, 0.15) is 25.7 Å². The first-order valence-corrected chi connectivity index (χ1v) is 6.79. The van der Waals surface area contributed by atoms with Crippen LogP contribution < -0.4 is 10.2 Å². The van der Waals surface area contributed by atoms with Gasteiger partial charge < -0.3 is 15.0 Å². The van der Waals surface area contributed by atoms with E-state index in [0.29, 0.717) is 5.82 Å². The Balaban J connectivity index is 1.95. The number of carbonyl (C=O) groups is 1. The predicted molar refractivity (Wildman–Crippen MR) is 75.4 cm³/mol. The fraction of sp³-hybridized carbons (Fsp3) is 0.571. The van der Waals surface area contributed by atoms with Gasteiger partial charge in [-0.25, -0.2) is 4.98 Å². The molecule has 0 saturated carbocycles. The minimum absolute atomic E-state index is 0.0511. The van der Waals surface area contributed by atoms with Crippen molar-refractivity contribution in [2.75, 3.05) is 37.0 Å². The van der Waals surface area contributed by atoms with E-state index in [1.54, 1.807) is 0 Å². The van der Waals surface area contributed by atoms with Gasteiger partial charge in [-0.3, -0.25) is 4.79 Å². The number of aromatic nitrogens is 1. The summed E-state index contributed by atoms with van der Waals surface area (Å²) in [5.41, 5.74) is 1.13. The highest BCUT2D eigenvalue weighted by atomic mass is 16.5. The fourth-order valence-corrected chi connectivity index (χ4v) is 2.29. The summed E-state index contributed by atoms with van der Waals surface area (Å²) in [7, 11) is 1.50. The molecule has 5 nitrogen and oxygen atoms in total. The second-order valence-electron chi connectivity index (χ2n) is 4.78. The minimum atomic E-state index is -0.183. The predicted octanol–water partition coefficient (Wildman–Crippen LogP) is 2.05. The Hall–Kier alpha value is -1.62. The third-order valence-corrected chi connectivity index (χ3v) is 3.26. The number of anilines is 2. The van der Waals surface area contributed by atoms with Gasteiger partial charge in [-0.1, -0.05) is 12.8 Å². The van der Waals surface area contributed by atoms with Crippen molar-refractivity contribution < 1.29 is 9.53 Å². The van der Waals surface area contributed by atoms with Crippen molar-refractivity contribution in [1.29, 1.82) is 0 Å². The normalized spacial score (nSPS) is 15.9. The van der Waals surface area contributed by atoms with Gasteiger partial charge in [-0.2, -0.15) is 0 Å². The van der Waals surface area contributed by atoms with Crippen molar-refractivity contribution in [3.8, 4) is 0 Å². The van der Waals surface area contributed by atoms with E-state index in [2.05, 4.69) is 15.2 Å². The van der Waals surface area contributed by atoms with Gasteiger partial charge in [-0.15, -0.1) is 0 Å². The van der Waals surface area contributed by atoms with Crippen LogP contribution in [0.3, 0.4) is 0 Å². The first kappa shape index (κ1) is 13.8. The van der Waals surface area contributed by atoms with Crippen LogP contribution in [0, 0.1) is 0 Å². The van der Waals surface area contributed by atoms with E-state index in [4.69, 9.17) is 4.74 Å². The van der Waals surface area contributed by atoms with Crippen LogP contribution in [0.25, 0.3) is 0 Å². The molecule has 1 N–H and O–H groups in total. The van der Waals surface area contributed by atoms with E-state index in [0.717, 1.165) is 18.8 Å². The number of hydrogen-bond acceptors (Lipinski definition) is 4. The number of amides is 1. The van der Waals surface area contributed by atoms with Crippen LogP contribution in [0.4, 0.5) is 11.5 Å². The summed E-state index contributed by atoms with van der Waals surface area (Å²) in [6.07, 6.45) is 6.94. The highest BCUT2D eigenvalue weighted by Gasteiger charge is 2.10. The summed E-state index contributed by atoms with van der Waals surface area (Å²) in [6, 6.07) is 3.86. The standard InChI is InChI=1S/C14H21N3O2/c1-19-11-14(18)16-13-7-6-12(10-15-13)17-8-4-2-3-5-9-17/h6-7,10H,2-5,8-9,11H2,1H3,(H,15,16,18). The summed E-state index contributed by atoms with van der Waals surface area (Å²) in [5.74, 6) is 0.387. The number of methoxy groups -OCH3 is 1. The molecular weight excluding hydrogens is 242 g/mol. The highest BCUT2D eigenvalue weighted by molar-refractivity contribution is 5.90. The minimum Gasteiger partial charge on any atom is -0.375 e. The first-order chi connectivity index (χ1) is 9.29. The SMILES string of the molecule is COCC(=O)Nc1ccc(N2CCCCCC2)cn1. The average Bonchev–Trinajstić information content (AvgIpc) is 2.69. The van der Waals surface area contributed by atoms with Crippen molar-refractivity contribution >= 4 is 17.4 Å². The van der Waals surface area contributed by atoms with Crippen molar-refractivity contribution in [3.05, 3.63) is 18.3 Å². The average molecular weight is 263 g/mol. The number of pyridine rings is 1. The van der Waals surface area contributed by atoms with Gasteiger partial charge in [0.25, 0.3) is 5.91 Å². The lowest BCUT2D eigenvalue weighted by Gasteiger charge is -2.22. The molecule has 0 aromatic carbocycles. The molecule has 5 heteroatoms. The zero-order valence-corrected chi connectivity index (χ0v) is 11.4. The molecule has 1 aromatic rings. The van der Waals surface area contributed by atoms with Crippen LogP contribution in [0.5, 0.6) is 0 Å². The fourth-order valence-electron chi connectivity index (χ4n) is 2.29. The Bertz CT molecular complexity index is 398. The molecule has 1 amide bonds. The summed E-state index contributed by atoms with van der Waals surface area (Å²) >= 11 is 0. The van der Waals surface area contributed by atoms with Crippen LogP contribution >= 0.6 is 0 Å². The van der Waals surface area contributed by atoms with Gasteiger partial charge in [0.05, 0.1) is 11.9 Å². The van der Waals surface area contributed by atoms with Crippen molar-refractivity contribution in [2.24, 2.45) is 0 Å². The van der Waals surface area contributed by atoms with E-state index >= 15 is 0 Å². The monoisotopic (exact) mass is 263 g/mol. The molecule has 0 atom stereocenters. The Kier molecular flexibility index (Phi) is 5.15. The molecule has 0 spiro atoms. The van der Waals surface area contributed by atoms with Gasteiger partial charge in [-0.05, 0) is 25.0 Å². The van der Waals surface area contributed by atoms with Crippen molar-refractivity contribution in [2.45, 2.75) is 25.7 Å². The number of nitrogens with one attached hydrogen (secondary N) is 1. The Morgan fingerprint density at radius 2 is 2.05 bits per heavy atom. The molecule has 1 fully saturated rings. The van der Waals surface area contributed by atoms with Crippen LogP contribution in [-0.4, -0.2) is 37.7 Å². The second kappa shape index (κ2) is 7.09. The molecular formula is C14H21N3O2. The van der Waals surface area contributed by atoms with E-state index in [1.807, 2.05) is 18.3 Å². The molecule has 1 aromatic heterocycles. The molecule has 2 heterocycles. The van der Waals surface area contributed by atoms with Crippen LogP contribution in [0.15, 0.2) is 18.3 Å². The third-order valence-electron chi connectivity index (χ3n) is 3.26. The molecule has 0 aliphatic carbocycles. The number of nitrogens with zero attached hydrogens (tertiary/aromatic N) is 2. The van der Waals surface area contributed by atoms with Gasteiger partial charge in [0.15, 0.2) is 0 Å². The van der Waals surface area contributed by atoms with E-state index in [9.17, 15) is 4.79 Å². The molecule has 104 valence electrons. The zero-order chi connectivity index (χ0) is 13.5. The summed E-state index contributed by atoms with van der Waals surface area (Å²) in [4.78, 5) is 18.0. The Morgan fingerprint density at radius 1 is 1.32 bits per heavy atom. The lowest BCUT2D eigenvalue weighted by molar-refractivity contribution is -0.119. The maximum atomic E-state index is 11.4. The summed E-state index contributed by atoms with van der Waals surface area (Å²) < 4.78 is 4.76. The van der Waals surface area contributed by atoms with Gasteiger partial charge in [0.2, 0.25) is 0 Å². The molecule has 19 heavy (non-hydrogen) atoms. The van der Waals surface area contributed by atoms with E-state index < -0.39 is 0 Å². The maximum Gasteiger partial charge on any atom is 0.251 e. The smallest absolute Gasteiger partial charge is 0.251 e. The van der Waals surface area contributed by atoms with Crippen molar-refractivity contribution in [1.82, 2.24) is 4.98 Å². The van der Waals surface area contributed by atoms with E-state index in [-0.39, 0.29) is 12.5 Å². The second-order valence-corrected chi connectivity index (χ2v) is 4.78. The maximum absolute atomic E-state index is 11.4. The van der Waals surface area contributed by atoms with E-state index in [1.165, 1.54) is 32.8 Å². The van der Waals surface area contributed by atoms with Crippen LogP contribution in [-0.2, 0) is 9.53 Å². The van der Waals surface area contributed by atoms with Crippen molar-refractivity contribution in [3.63, 3.8) is 0 Å². The molecule has 1 aliphatic rings. The van der Waals surface area contributed by atoms with Gasteiger partial charge in [0, 0.05) is 20.2 Å². The topological polar surface area (TPSA) is 54.5 Å². The summed E-state index contributed by atoms with van der Waals surface area (Å²) in [6.45, 7) is 2.24. The van der Waals surface area contributed by atoms with Crippen LogP contribution in [0.2, 0.25) is 0 Å². The number of carbonyl (C=O) groups excluding carboxylic acids is 1. The molecule has 1 aliphatic heterocycles. The summed E-state index contributed by atoms with van der Waals surface area (Å²) in [5, 5.41) is 2.69. The molecule has 0 radical (unpaired) electrons. The Morgan fingerprint density at radius 3 is 2.63 bits per heavy atom. The Labute approximate surface area is 114 Å². The number of hydrogen-bond donors (Lipinski definition) is 1. The number of ether oxygens (including phenoxy) is 1. The first-order valence-electron chi connectivity index (χ1n) is 6.79. The molecule has 0 bridgehead atoms. The quantitative estimate of drug-likeness (QED) is 0.903.